The van der Waals surface area contributed by atoms with Crippen molar-refractivity contribution in [2.75, 3.05) is 0 Å². The van der Waals surface area contributed by atoms with Crippen LogP contribution >= 0.6 is 0 Å². The molecule has 0 spiro atoms. The number of rotatable bonds is 5. The number of aryl methyl sites for hydroxylation is 1. The van der Waals surface area contributed by atoms with E-state index in [2.05, 4.69) is 16.9 Å². The Hall–Kier alpha value is -1.39. The van der Waals surface area contributed by atoms with E-state index >= 15 is 0 Å². The van der Waals surface area contributed by atoms with Crippen LogP contribution in [0.5, 0.6) is 0 Å². The Bertz CT molecular complexity index is 283. The third-order valence-electron chi connectivity index (χ3n) is 1.82. The van der Waals surface area contributed by atoms with E-state index in [9.17, 15) is 10.1 Å². The van der Waals surface area contributed by atoms with Crippen molar-refractivity contribution in [3.63, 3.8) is 0 Å². The molecule has 0 aliphatic rings. The summed E-state index contributed by atoms with van der Waals surface area (Å²) < 4.78 is 0. The van der Waals surface area contributed by atoms with Gasteiger partial charge in [0.25, 0.3) is 0 Å². The van der Waals surface area contributed by atoms with Gasteiger partial charge in [-0.15, -0.1) is 0 Å². The zero-order valence-corrected chi connectivity index (χ0v) is 7.62. The van der Waals surface area contributed by atoms with Gasteiger partial charge in [-0.3, -0.25) is 0 Å². The SMILES string of the molecule is CCCCCc1nc([N+](=O)[O-])c[nH]1. The fraction of sp³-hybridized carbons (Fsp3) is 0.625. The lowest BCUT2D eigenvalue weighted by atomic mass is 10.2. The largest absolute Gasteiger partial charge is 0.381 e. The summed E-state index contributed by atoms with van der Waals surface area (Å²) in [6.07, 6.45) is 5.43. The predicted octanol–water partition coefficient (Wildman–Crippen LogP) is 2.05. The Morgan fingerprint density at radius 1 is 1.62 bits per heavy atom. The molecule has 0 bridgehead atoms. The molecule has 1 heterocycles. The minimum Gasteiger partial charge on any atom is -0.358 e. The molecule has 0 radical (unpaired) electrons. The smallest absolute Gasteiger partial charge is 0.358 e. The van der Waals surface area contributed by atoms with E-state index in [1.165, 1.54) is 6.20 Å². The van der Waals surface area contributed by atoms with Crippen molar-refractivity contribution < 1.29 is 4.92 Å². The Morgan fingerprint density at radius 2 is 2.38 bits per heavy atom. The molecule has 0 saturated heterocycles. The molecule has 1 aromatic heterocycles. The Morgan fingerprint density at radius 3 is 2.92 bits per heavy atom. The highest BCUT2D eigenvalue weighted by molar-refractivity contribution is 5.14. The van der Waals surface area contributed by atoms with Gasteiger partial charge in [0.05, 0.1) is 0 Å². The summed E-state index contributed by atoms with van der Waals surface area (Å²) in [5, 5.41) is 10.3. The average molecular weight is 183 g/mol. The van der Waals surface area contributed by atoms with Gasteiger partial charge in [-0.2, -0.15) is 0 Å². The molecule has 0 aliphatic heterocycles. The van der Waals surface area contributed by atoms with Crippen LogP contribution < -0.4 is 0 Å². The van der Waals surface area contributed by atoms with Crippen molar-refractivity contribution in [1.29, 1.82) is 0 Å². The number of hydrogen-bond acceptors (Lipinski definition) is 3. The minimum atomic E-state index is -0.486. The quantitative estimate of drug-likeness (QED) is 0.431. The molecule has 72 valence electrons. The second kappa shape index (κ2) is 4.59. The summed E-state index contributed by atoms with van der Waals surface area (Å²) in [6, 6.07) is 0. The van der Waals surface area contributed by atoms with E-state index in [4.69, 9.17) is 0 Å². The van der Waals surface area contributed by atoms with Crippen molar-refractivity contribution in [2.24, 2.45) is 0 Å². The summed E-state index contributed by atoms with van der Waals surface area (Å²) in [5.74, 6) is 0.617. The van der Waals surface area contributed by atoms with Gasteiger partial charge in [-0.25, -0.2) is 0 Å². The highest BCUT2D eigenvalue weighted by atomic mass is 16.6. The van der Waals surface area contributed by atoms with Crippen LogP contribution in [0.15, 0.2) is 6.20 Å². The lowest BCUT2D eigenvalue weighted by Crippen LogP contribution is -1.90. The Labute approximate surface area is 76.3 Å². The van der Waals surface area contributed by atoms with Gasteiger partial charge in [-0.05, 0) is 16.3 Å². The fourth-order valence-corrected chi connectivity index (χ4v) is 1.11. The van der Waals surface area contributed by atoms with Crippen molar-refractivity contribution in [3.8, 4) is 0 Å². The van der Waals surface area contributed by atoms with E-state index in [0.717, 1.165) is 25.7 Å². The van der Waals surface area contributed by atoms with Crippen LogP contribution in [0, 0.1) is 10.1 Å². The topological polar surface area (TPSA) is 71.8 Å². The third-order valence-corrected chi connectivity index (χ3v) is 1.82. The van der Waals surface area contributed by atoms with Gasteiger partial charge in [0.2, 0.25) is 5.82 Å². The monoisotopic (exact) mass is 183 g/mol. The lowest BCUT2D eigenvalue weighted by Gasteiger charge is -1.90. The van der Waals surface area contributed by atoms with Gasteiger partial charge < -0.3 is 15.1 Å². The van der Waals surface area contributed by atoms with Crippen molar-refractivity contribution in [1.82, 2.24) is 9.97 Å². The number of H-pyrrole nitrogens is 1. The molecule has 0 fully saturated rings. The van der Waals surface area contributed by atoms with Crippen LogP contribution in [-0.4, -0.2) is 14.9 Å². The van der Waals surface area contributed by atoms with E-state index in [1.807, 2.05) is 0 Å². The van der Waals surface area contributed by atoms with Gasteiger partial charge in [0.1, 0.15) is 6.20 Å². The number of imidazole rings is 1. The number of unbranched alkanes of at least 4 members (excludes halogenated alkanes) is 2. The summed E-state index contributed by atoms with van der Waals surface area (Å²) in [6.45, 7) is 2.12. The molecule has 0 saturated carbocycles. The van der Waals surface area contributed by atoms with Gasteiger partial charge in [-0.1, -0.05) is 19.8 Å². The molecular weight excluding hydrogens is 170 g/mol. The molecule has 0 unspecified atom stereocenters. The maximum absolute atomic E-state index is 10.3. The molecule has 1 rings (SSSR count). The molecule has 1 N–H and O–H groups in total. The summed E-state index contributed by atoms with van der Waals surface area (Å²) in [5.41, 5.74) is 0. The molecule has 0 aliphatic carbocycles. The summed E-state index contributed by atoms with van der Waals surface area (Å²) >= 11 is 0. The molecule has 13 heavy (non-hydrogen) atoms. The molecule has 5 heteroatoms. The minimum absolute atomic E-state index is 0.0912. The first-order valence-corrected chi connectivity index (χ1v) is 4.42. The van der Waals surface area contributed by atoms with Gasteiger partial charge in [0, 0.05) is 6.42 Å². The first-order valence-electron chi connectivity index (χ1n) is 4.42. The third kappa shape index (κ3) is 2.85. The maximum atomic E-state index is 10.3. The number of nitrogens with one attached hydrogen (secondary N) is 1. The first-order chi connectivity index (χ1) is 6.24. The van der Waals surface area contributed by atoms with Crippen molar-refractivity contribution in [2.45, 2.75) is 32.6 Å². The van der Waals surface area contributed by atoms with E-state index in [1.54, 1.807) is 0 Å². The van der Waals surface area contributed by atoms with Gasteiger partial charge in [0.15, 0.2) is 0 Å². The zero-order chi connectivity index (χ0) is 9.68. The maximum Gasteiger partial charge on any atom is 0.381 e. The van der Waals surface area contributed by atoms with Gasteiger partial charge >= 0.3 is 5.82 Å². The first kappa shape index (κ1) is 9.70. The fourth-order valence-electron chi connectivity index (χ4n) is 1.11. The zero-order valence-electron chi connectivity index (χ0n) is 7.62. The molecule has 1 aromatic rings. The lowest BCUT2D eigenvalue weighted by molar-refractivity contribution is -0.389. The van der Waals surface area contributed by atoms with Crippen LogP contribution in [-0.2, 0) is 6.42 Å². The Kier molecular flexibility index (Phi) is 3.42. The second-order valence-electron chi connectivity index (χ2n) is 2.92. The molecular formula is C8H13N3O2. The van der Waals surface area contributed by atoms with Crippen molar-refractivity contribution in [3.05, 3.63) is 22.1 Å². The summed E-state index contributed by atoms with van der Waals surface area (Å²) in [4.78, 5) is 16.4. The van der Waals surface area contributed by atoms with Crippen LogP contribution in [0.3, 0.4) is 0 Å². The number of hydrogen-bond donors (Lipinski definition) is 1. The Balaban J connectivity index is 2.44. The van der Waals surface area contributed by atoms with E-state index in [-0.39, 0.29) is 5.82 Å². The molecule has 0 aromatic carbocycles. The van der Waals surface area contributed by atoms with Crippen LogP contribution in [0.25, 0.3) is 0 Å². The van der Waals surface area contributed by atoms with Crippen LogP contribution in [0.2, 0.25) is 0 Å². The standard InChI is InChI=1S/C8H13N3O2/c1-2-3-4-5-7-9-6-8(10-7)11(12)13/h6H,2-5H2,1H3,(H,9,10). The van der Waals surface area contributed by atoms with E-state index < -0.39 is 4.92 Å². The normalized spacial score (nSPS) is 10.2. The highest BCUT2D eigenvalue weighted by Gasteiger charge is 2.11. The number of nitrogens with zero attached hydrogens (tertiary/aromatic N) is 2. The predicted molar refractivity (Wildman–Crippen MR) is 48.5 cm³/mol. The highest BCUT2D eigenvalue weighted by Crippen LogP contribution is 2.08. The molecule has 5 nitrogen and oxygen atoms in total. The average Bonchev–Trinajstić information content (AvgIpc) is 2.53. The second-order valence-corrected chi connectivity index (χ2v) is 2.92. The number of aromatic amines is 1. The van der Waals surface area contributed by atoms with Crippen LogP contribution in [0.4, 0.5) is 5.82 Å². The van der Waals surface area contributed by atoms with E-state index in [0.29, 0.717) is 5.82 Å². The summed E-state index contributed by atoms with van der Waals surface area (Å²) in [7, 11) is 0. The number of nitro groups is 1. The van der Waals surface area contributed by atoms with Crippen LogP contribution in [0.1, 0.15) is 32.0 Å². The van der Waals surface area contributed by atoms with Crippen molar-refractivity contribution >= 4 is 5.82 Å². The number of aromatic nitrogens is 2. The molecule has 0 amide bonds. The molecule has 0 atom stereocenters.